The highest BCUT2D eigenvalue weighted by Crippen LogP contribution is 2.23. The topological polar surface area (TPSA) is 67.7 Å². The van der Waals surface area contributed by atoms with Crippen molar-refractivity contribution in [2.75, 3.05) is 32.8 Å². The second-order valence-electron chi connectivity index (χ2n) is 6.56. The molecule has 1 aromatic heterocycles. The minimum Gasteiger partial charge on any atom is -0.461 e. The Morgan fingerprint density at radius 3 is 2.50 bits per heavy atom. The van der Waals surface area contributed by atoms with Crippen molar-refractivity contribution in [2.24, 2.45) is 7.05 Å². The van der Waals surface area contributed by atoms with E-state index in [1.165, 1.54) is 10.7 Å². The molecule has 0 atom stereocenters. The number of halogens is 2. The molecule has 0 radical (unpaired) electrons. The van der Waals surface area contributed by atoms with Crippen LogP contribution in [0.1, 0.15) is 33.5 Å². The first-order chi connectivity index (χ1) is 13.4. The maximum absolute atomic E-state index is 12.7. The van der Waals surface area contributed by atoms with Crippen molar-refractivity contribution in [3.05, 3.63) is 51.3 Å². The maximum atomic E-state index is 12.7. The smallest absolute Gasteiger partial charge is 0.356 e. The highest BCUT2D eigenvalue weighted by Gasteiger charge is 2.26. The summed E-state index contributed by atoms with van der Waals surface area (Å²) in [6.07, 6.45) is 0. The molecule has 7 nitrogen and oxygen atoms in total. The number of amides is 1. The summed E-state index contributed by atoms with van der Waals surface area (Å²) in [5.74, 6) is -0.670. The zero-order chi connectivity index (χ0) is 20.3. The third-order valence-electron chi connectivity index (χ3n) is 4.65. The molecule has 0 spiro atoms. The Bertz CT molecular complexity index is 876. The summed E-state index contributed by atoms with van der Waals surface area (Å²) in [4.78, 5) is 28.6. The van der Waals surface area contributed by atoms with E-state index < -0.39 is 5.97 Å². The van der Waals surface area contributed by atoms with Crippen molar-refractivity contribution in [2.45, 2.75) is 13.5 Å². The number of aryl methyl sites for hydroxylation is 1. The minimum absolute atomic E-state index is 0.185. The molecule has 1 amide bonds. The molecule has 0 bridgehead atoms. The van der Waals surface area contributed by atoms with E-state index in [2.05, 4.69) is 10.00 Å². The van der Waals surface area contributed by atoms with Gasteiger partial charge in [0.15, 0.2) is 5.69 Å². The third-order valence-corrected chi connectivity index (χ3v) is 5.24. The number of piperazine rings is 1. The van der Waals surface area contributed by atoms with Gasteiger partial charge < -0.3 is 9.64 Å². The van der Waals surface area contributed by atoms with Gasteiger partial charge in [-0.2, -0.15) is 5.10 Å². The minimum atomic E-state index is -0.485. The normalized spacial score (nSPS) is 14.9. The molecule has 2 heterocycles. The van der Waals surface area contributed by atoms with Gasteiger partial charge in [-0.25, -0.2) is 4.79 Å². The largest absolute Gasteiger partial charge is 0.461 e. The Morgan fingerprint density at radius 2 is 1.86 bits per heavy atom. The summed E-state index contributed by atoms with van der Waals surface area (Å²) in [5, 5.41) is 5.43. The number of carbonyl (C=O) groups is 2. The van der Waals surface area contributed by atoms with Gasteiger partial charge in [0.05, 0.1) is 6.61 Å². The number of esters is 1. The highest BCUT2D eigenvalue weighted by molar-refractivity contribution is 6.35. The average Bonchev–Trinajstić information content (AvgIpc) is 3.06. The molecule has 1 aliphatic rings. The molecule has 1 fully saturated rings. The molecule has 1 aliphatic heterocycles. The molecule has 150 valence electrons. The van der Waals surface area contributed by atoms with E-state index in [4.69, 9.17) is 27.9 Å². The molecule has 3 rings (SSSR count). The quantitative estimate of drug-likeness (QED) is 0.690. The van der Waals surface area contributed by atoms with Gasteiger partial charge in [0.25, 0.3) is 5.91 Å². The Labute approximate surface area is 173 Å². The van der Waals surface area contributed by atoms with Crippen molar-refractivity contribution in [3.63, 3.8) is 0 Å². The monoisotopic (exact) mass is 424 g/mol. The van der Waals surface area contributed by atoms with Gasteiger partial charge >= 0.3 is 5.97 Å². The summed E-state index contributed by atoms with van der Waals surface area (Å²) in [7, 11) is 1.62. The van der Waals surface area contributed by atoms with Crippen LogP contribution in [0.15, 0.2) is 24.3 Å². The summed E-state index contributed by atoms with van der Waals surface area (Å²) in [6.45, 7) is 5.31. The fourth-order valence-corrected chi connectivity index (χ4v) is 3.60. The lowest BCUT2D eigenvalue weighted by Crippen LogP contribution is -2.48. The Hall–Kier alpha value is -2.09. The van der Waals surface area contributed by atoms with E-state index in [1.54, 1.807) is 24.9 Å². The summed E-state index contributed by atoms with van der Waals surface area (Å²) in [5.41, 5.74) is 1.52. The van der Waals surface area contributed by atoms with E-state index in [1.807, 2.05) is 12.1 Å². The molecular formula is C19H22Cl2N4O3. The number of aromatic nitrogens is 2. The zero-order valence-electron chi connectivity index (χ0n) is 15.8. The van der Waals surface area contributed by atoms with Crippen LogP contribution in [0, 0.1) is 0 Å². The van der Waals surface area contributed by atoms with Crippen LogP contribution in [-0.2, 0) is 18.3 Å². The Kier molecular flexibility index (Phi) is 6.59. The van der Waals surface area contributed by atoms with E-state index in [9.17, 15) is 9.59 Å². The Balaban J connectivity index is 1.59. The number of benzene rings is 1. The predicted octanol–water partition coefficient (Wildman–Crippen LogP) is 2.86. The van der Waals surface area contributed by atoms with E-state index >= 15 is 0 Å². The van der Waals surface area contributed by atoms with Crippen molar-refractivity contribution < 1.29 is 14.3 Å². The lowest BCUT2D eigenvalue weighted by atomic mass is 10.2. The van der Waals surface area contributed by atoms with E-state index in [0.717, 1.165) is 18.7 Å². The van der Waals surface area contributed by atoms with Crippen LogP contribution in [0.25, 0.3) is 0 Å². The molecule has 1 saturated heterocycles. The second kappa shape index (κ2) is 8.94. The van der Waals surface area contributed by atoms with Crippen molar-refractivity contribution in [1.82, 2.24) is 19.6 Å². The van der Waals surface area contributed by atoms with Gasteiger partial charge in [-0.05, 0) is 24.6 Å². The van der Waals surface area contributed by atoms with Crippen LogP contribution < -0.4 is 0 Å². The SMILES string of the molecule is CCOC(=O)c1cc(C(=O)N2CCN(Cc3ccc(Cl)cc3Cl)CC2)nn1C. The Morgan fingerprint density at radius 1 is 1.14 bits per heavy atom. The highest BCUT2D eigenvalue weighted by atomic mass is 35.5. The predicted molar refractivity (Wildman–Crippen MR) is 107 cm³/mol. The molecule has 1 aromatic carbocycles. The first-order valence-electron chi connectivity index (χ1n) is 9.05. The number of hydrogen-bond donors (Lipinski definition) is 0. The van der Waals surface area contributed by atoms with Crippen LogP contribution in [0.4, 0.5) is 0 Å². The summed E-state index contributed by atoms with van der Waals surface area (Å²) >= 11 is 12.2. The summed E-state index contributed by atoms with van der Waals surface area (Å²) in [6, 6.07) is 6.97. The number of ether oxygens (including phenoxy) is 1. The summed E-state index contributed by atoms with van der Waals surface area (Å²) < 4.78 is 6.36. The van der Waals surface area contributed by atoms with Crippen LogP contribution in [-0.4, -0.2) is 64.2 Å². The van der Waals surface area contributed by atoms with Gasteiger partial charge in [0.1, 0.15) is 5.69 Å². The number of carbonyl (C=O) groups excluding carboxylic acids is 2. The van der Waals surface area contributed by atoms with Gasteiger partial charge in [0, 0.05) is 55.9 Å². The van der Waals surface area contributed by atoms with Crippen LogP contribution in [0.2, 0.25) is 10.0 Å². The number of nitrogens with zero attached hydrogens (tertiary/aromatic N) is 4. The lowest BCUT2D eigenvalue weighted by Gasteiger charge is -2.34. The molecule has 0 N–H and O–H groups in total. The lowest BCUT2D eigenvalue weighted by molar-refractivity contribution is 0.0513. The van der Waals surface area contributed by atoms with Gasteiger partial charge in [-0.15, -0.1) is 0 Å². The molecule has 28 heavy (non-hydrogen) atoms. The van der Waals surface area contributed by atoms with Gasteiger partial charge in [-0.3, -0.25) is 14.4 Å². The fourth-order valence-electron chi connectivity index (χ4n) is 3.13. The van der Waals surface area contributed by atoms with Crippen LogP contribution in [0.3, 0.4) is 0 Å². The van der Waals surface area contributed by atoms with E-state index in [-0.39, 0.29) is 23.9 Å². The zero-order valence-corrected chi connectivity index (χ0v) is 17.3. The molecule has 2 aromatic rings. The molecule has 0 unspecified atom stereocenters. The molecule has 0 aliphatic carbocycles. The number of rotatable bonds is 5. The maximum Gasteiger partial charge on any atom is 0.356 e. The first-order valence-corrected chi connectivity index (χ1v) is 9.81. The van der Waals surface area contributed by atoms with Crippen LogP contribution in [0.5, 0.6) is 0 Å². The molecular weight excluding hydrogens is 403 g/mol. The fraction of sp³-hybridized carbons (Fsp3) is 0.421. The third kappa shape index (κ3) is 4.66. The first kappa shape index (κ1) is 20.6. The number of hydrogen-bond acceptors (Lipinski definition) is 5. The van der Waals surface area contributed by atoms with Gasteiger partial charge in [0.2, 0.25) is 0 Å². The van der Waals surface area contributed by atoms with Crippen molar-refractivity contribution in [1.29, 1.82) is 0 Å². The average molecular weight is 425 g/mol. The standard InChI is InChI=1S/C19H22Cl2N4O3/c1-3-28-19(27)17-11-16(22-23(17)2)18(26)25-8-6-24(7-9-25)12-13-4-5-14(20)10-15(13)21/h4-5,10-11H,3,6-9,12H2,1-2H3. The second-order valence-corrected chi connectivity index (χ2v) is 7.41. The van der Waals surface area contributed by atoms with Gasteiger partial charge in [-0.1, -0.05) is 29.3 Å². The van der Waals surface area contributed by atoms with E-state index in [0.29, 0.717) is 29.7 Å². The van der Waals surface area contributed by atoms with Crippen molar-refractivity contribution in [3.8, 4) is 0 Å². The molecule has 9 heteroatoms. The van der Waals surface area contributed by atoms with Crippen molar-refractivity contribution >= 4 is 35.1 Å². The van der Waals surface area contributed by atoms with Crippen LogP contribution >= 0.6 is 23.2 Å². The molecule has 0 saturated carbocycles.